The topological polar surface area (TPSA) is 85.0 Å². The fraction of sp³-hybridized carbons (Fsp3) is 0.478. The molecule has 0 radical (unpaired) electrons. The van der Waals surface area contributed by atoms with Gasteiger partial charge in [0.05, 0.1) is 11.8 Å². The standard InChI is InChI=1S/C23H28N4O2/c1-23(2)8-5-17-20(13-23)25-26-21(17)19-11-14-3-4-15(12-18(14)24-19)22(29)27-9-6-16(28)7-10-27/h3-4,11-12,16,24,28H,5-10,13H2,1-2H3,(H,25,26). The maximum atomic E-state index is 12.9. The lowest BCUT2D eigenvalue weighted by Crippen LogP contribution is -2.40. The zero-order valence-corrected chi connectivity index (χ0v) is 17.1. The third-order valence-electron chi connectivity index (χ3n) is 6.54. The third-order valence-corrected chi connectivity index (χ3v) is 6.54. The number of amides is 1. The van der Waals surface area contributed by atoms with Gasteiger partial charge in [0.15, 0.2) is 0 Å². The highest BCUT2D eigenvalue weighted by atomic mass is 16.3. The van der Waals surface area contributed by atoms with Crippen LogP contribution in [0.5, 0.6) is 0 Å². The SMILES string of the molecule is CC1(C)CCc2c(-c3cc4ccc(C(=O)N5CCC(O)CC5)cc4[nH]3)n[nH]c2C1. The van der Waals surface area contributed by atoms with Crippen molar-refractivity contribution in [2.45, 2.75) is 52.1 Å². The average molecular weight is 393 g/mol. The summed E-state index contributed by atoms with van der Waals surface area (Å²) in [5.41, 5.74) is 6.53. The molecule has 1 aliphatic carbocycles. The fourth-order valence-electron chi connectivity index (χ4n) is 4.71. The summed E-state index contributed by atoms with van der Waals surface area (Å²) in [5.74, 6) is 0.0364. The Hall–Kier alpha value is -2.60. The van der Waals surface area contributed by atoms with Crippen LogP contribution in [0.25, 0.3) is 22.3 Å². The minimum atomic E-state index is -0.280. The predicted molar refractivity (Wildman–Crippen MR) is 113 cm³/mol. The lowest BCUT2D eigenvalue weighted by molar-refractivity contribution is 0.0546. The maximum Gasteiger partial charge on any atom is 0.253 e. The Bertz CT molecular complexity index is 1070. The molecule has 6 nitrogen and oxygen atoms in total. The van der Waals surface area contributed by atoms with Crippen molar-refractivity contribution in [1.82, 2.24) is 20.1 Å². The summed E-state index contributed by atoms with van der Waals surface area (Å²) in [7, 11) is 0. The predicted octanol–water partition coefficient (Wildman–Crippen LogP) is 3.67. The second kappa shape index (κ2) is 6.73. The molecule has 0 spiro atoms. The van der Waals surface area contributed by atoms with Gasteiger partial charge >= 0.3 is 0 Å². The molecule has 3 aromatic rings. The van der Waals surface area contributed by atoms with Crippen molar-refractivity contribution in [3.63, 3.8) is 0 Å². The van der Waals surface area contributed by atoms with Gasteiger partial charge < -0.3 is 15.0 Å². The van der Waals surface area contributed by atoms with Crippen molar-refractivity contribution < 1.29 is 9.90 Å². The van der Waals surface area contributed by atoms with E-state index in [-0.39, 0.29) is 12.0 Å². The van der Waals surface area contributed by atoms with E-state index in [0.717, 1.165) is 41.6 Å². The molecule has 5 rings (SSSR count). The number of carbonyl (C=O) groups is 1. The van der Waals surface area contributed by atoms with Gasteiger partial charge in [0, 0.05) is 40.8 Å². The number of rotatable bonds is 2. The van der Waals surface area contributed by atoms with Crippen LogP contribution in [-0.2, 0) is 12.8 Å². The van der Waals surface area contributed by atoms with Gasteiger partial charge in [-0.25, -0.2) is 0 Å². The largest absolute Gasteiger partial charge is 0.393 e. The molecule has 1 aliphatic heterocycles. The van der Waals surface area contributed by atoms with Crippen molar-refractivity contribution in [1.29, 1.82) is 0 Å². The van der Waals surface area contributed by atoms with Crippen LogP contribution >= 0.6 is 0 Å². The van der Waals surface area contributed by atoms with E-state index in [4.69, 9.17) is 0 Å². The Labute approximate surface area is 170 Å². The first kappa shape index (κ1) is 18.4. The Morgan fingerprint density at radius 3 is 2.83 bits per heavy atom. The van der Waals surface area contributed by atoms with Crippen molar-refractivity contribution in [3.8, 4) is 11.4 Å². The first-order valence-electron chi connectivity index (χ1n) is 10.6. The van der Waals surface area contributed by atoms with Crippen molar-refractivity contribution >= 4 is 16.8 Å². The van der Waals surface area contributed by atoms with E-state index in [0.29, 0.717) is 36.9 Å². The molecule has 1 fully saturated rings. The Kier molecular flexibility index (Phi) is 4.28. The highest BCUT2D eigenvalue weighted by Gasteiger charge is 2.29. The van der Waals surface area contributed by atoms with Gasteiger partial charge in [-0.2, -0.15) is 5.10 Å². The molecular formula is C23H28N4O2. The molecule has 0 unspecified atom stereocenters. The fourth-order valence-corrected chi connectivity index (χ4v) is 4.71. The molecule has 1 amide bonds. The van der Waals surface area contributed by atoms with Crippen LogP contribution in [0.2, 0.25) is 0 Å². The molecule has 2 aliphatic rings. The number of aromatic amines is 2. The van der Waals surface area contributed by atoms with Crippen molar-refractivity contribution in [2.75, 3.05) is 13.1 Å². The van der Waals surface area contributed by atoms with Gasteiger partial charge in [0.1, 0.15) is 5.69 Å². The highest BCUT2D eigenvalue weighted by molar-refractivity contribution is 5.98. The zero-order valence-electron chi connectivity index (χ0n) is 17.1. The number of aliphatic hydroxyl groups excluding tert-OH is 1. The molecule has 152 valence electrons. The molecule has 0 bridgehead atoms. The number of aliphatic hydroxyl groups is 1. The number of carbonyl (C=O) groups excluding carboxylic acids is 1. The number of H-pyrrole nitrogens is 2. The number of hydrogen-bond donors (Lipinski definition) is 3. The lowest BCUT2D eigenvalue weighted by Gasteiger charge is -2.29. The second-order valence-corrected chi connectivity index (χ2v) is 9.38. The maximum absolute atomic E-state index is 12.9. The molecule has 1 saturated heterocycles. The lowest BCUT2D eigenvalue weighted by atomic mass is 9.76. The summed E-state index contributed by atoms with van der Waals surface area (Å²) in [5, 5.41) is 18.6. The molecule has 29 heavy (non-hydrogen) atoms. The Morgan fingerprint density at radius 1 is 1.24 bits per heavy atom. The van der Waals surface area contributed by atoms with E-state index in [1.54, 1.807) is 0 Å². The molecule has 3 heterocycles. The monoisotopic (exact) mass is 392 g/mol. The van der Waals surface area contributed by atoms with Crippen LogP contribution in [0.15, 0.2) is 24.3 Å². The summed E-state index contributed by atoms with van der Waals surface area (Å²) in [6.07, 6.45) is 4.25. The summed E-state index contributed by atoms with van der Waals surface area (Å²) >= 11 is 0. The smallest absolute Gasteiger partial charge is 0.253 e. The normalized spacial score (nSPS) is 19.5. The van der Waals surface area contributed by atoms with Gasteiger partial charge in [0.25, 0.3) is 5.91 Å². The number of benzene rings is 1. The summed E-state index contributed by atoms with van der Waals surface area (Å²) in [4.78, 5) is 18.2. The van der Waals surface area contributed by atoms with Gasteiger partial charge in [-0.3, -0.25) is 9.89 Å². The molecule has 0 saturated carbocycles. The number of piperidine rings is 1. The van der Waals surface area contributed by atoms with Crippen molar-refractivity contribution in [2.24, 2.45) is 5.41 Å². The quantitative estimate of drug-likeness (QED) is 0.622. The van der Waals surface area contributed by atoms with Crippen LogP contribution in [0.3, 0.4) is 0 Å². The van der Waals surface area contributed by atoms with E-state index in [2.05, 4.69) is 35.1 Å². The Morgan fingerprint density at radius 2 is 2.03 bits per heavy atom. The van der Waals surface area contributed by atoms with E-state index in [9.17, 15) is 9.90 Å². The molecular weight excluding hydrogens is 364 g/mol. The first-order valence-corrected chi connectivity index (χ1v) is 10.6. The number of likely N-dealkylation sites (tertiary alicyclic amines) is 1. The summed E-state index contributed by atoms with van der Waals surface area (Å²) in [6, 6.07) is 7.96. The first-order chi connectivity index (χ1) is 13.9. The van der Waals surface area contributed by atoms with Crippen LogP contribution in [0, 0.1) is 5.41 Å². The van der Waals surface area contributed by atoms with Crippen molar-refractivity contribution in [3.05, 3.63) is 41.1 Å². The van der Waals surface area contributed by atoms with E-state index < -0.39 is 0 Å². The van der Waals surface area contributed by atoms with Gasteiger partial charge in [-0.1, -0.05) is 19.9 Å². The van der Waals surface area contributed by atoms with Gasteiger partial charge in [-0.15, -0.1) is 0 Å². The number of nitrogens with one attached hydrogen (secondary N) is 2. The number of aromatic nitrogens is 3. The summed E-state index contributed by atoms with van der Waals surface area (Å²) < 4.78 is 0. The molecule has 1 aromatic carbocycles. The minimum Gasteiger partial charge on any atom is -0.393 e. The Balaban J connectivity index is 1.43. The third kappa shape index (κ3) is 3.35. The van der Waals surface area contributed by atoms with Gasteiger partial charge in [0.2, 0.25) is 0 Å². The van der Waals surface area contributed by atoms with Crippen LogP contribution < -0.4 is 0 Å². The molecule has 6 heteroatoms. The summed E-state index contributed by atoms with van der Waals surface area (Å²) in [6.45, 7) is 5.84. The van der Waals surface area contributed by atoms with Crippen LogP contribution in [0.1, 0.15) is 54.7 Å². The molecule has 0 atom stereocenters. The number of hydrogen-bond acceptors (Lipinski definition) is 3. The second-order valence-electron chi connectivity index (χ2n) is 9.38. The van der Waals surface area contributed by atoms with E-state index in [1.807, 2.05) is 23.1 Å². The van der Waals surface area contributed by atoms with Crippen LogP contribution in [0.4, 0.5) is 0 Å². The van der Waals surface area contributed by atoms with E-state index in [1.165, 1.54) is 11.3 Å². The average Bonchev–Trinajstić information content (AvgIpc) is 3.29. The van der Waals surface area contributed by atoms with E-state index >= 15 is 0 Å². The highest BCUT2D eigenvalue weighted by Crippen LogP contribution is 2.38. The van der Waals surface area contributed by atoms with Gasteiger partial charge in [-0.05, 0) is 55.7 Å². The zero-order chi connectivity index (χ0) is 20.2. The minimum absolute atomic E-state index is 0.0364. The van der Waals surface area contributed by atoms with Crippen LogP contribution in [-0.4, -0.2) is 50.3 Å². The number of fused-ring (bicyclic) bond motifs is 2. The molecule has 2 aromatic heterocycles. The molecule has 3 N–H and O–H groups in total. The number of nitrogens with zero attached hydrogens (tertiary/aromatic N) is 2.